The van der Waals surface area contributed by atoms with E-state index < -0.39 is 17.6 Å². The summed E-state index contributed by atoms with van der Waals surface area (Å²) < 4.78 is 41.6. The van der Waals surface area contributed by atoms with Crippen LogP contribution in [0.25, 0.3) is 16.6 Å². The summed E-state index contributed by atoms with van der Waals surface area (Å²) in [5.41, 5.74) is 0.361. The molecule has 0 saturated carbocycles. The first-order valence-electron chi connectivity index (χ1n) is 7.86. The Bertz CT molecular complexity index is 1120. The lowest BCUT2D eigenvalue weighted by Gasteiger charge is -2.12. The van der Waals surface area contributed by atoms with E-state index in [-0.39, 0.29) is 16.6 Å². The highest BCUT2D eigenvalue weighted by Gasteiger charge is 2.33. The molecule has 0 aliphatic heterocycles. The molecule has 27 heavy (non-hydrogen) atoms. The van der Waals surface area contributed by atoms with Gasteiger partial charge in [-0.25, -0.2) is 4.98 Å². The third-order valence-corrected chi connectivity index (χ3v) is 4.03. The molecule has 6 nitrogen and oxygen atoms in total. The molecule has 0 saturated heterocycles. The SMILES string of the molecule is O=C(Nc1cc(C(F)(F)F)c2cn[nH]c2c1)c1cccc(-n2ccnc2)c1. The summed E-state index contributed by atoms with van der Waals surface area (Å²) in [6.07, 6.45) is 1.45. The predicted octanol–water partition coefficient (Wildman–Crippen LogP) is 4.02. The van der Waals surface area contributed by atoms with Crippen LogP contribution in [0.2, 0.25) is 0 Å². The number of rotatable bonds is 3. The van der Waals surface area contributed by atoms with Crippen LogP contribution < -0.4 is 5.32 Å². The predicted molar refractivity (Wildman–Crippen MR) is 92.6 cm³/mol. The number of anilines is 1. The van der Waals surface area contributed by atoms with Crippen LogP contribution in [0.3, 0.4) is 0 Å². The maximum atomic E-state index is 13.3. The number of hydrogen-bond acceptors (Lipinski definition) is 3. The third kappa shape index (κ3) is 3.26. The summed E-state index contributed by atoms with van der Waals surface area (Å²) >= 11 is 0. The number of aromatic nitrogens is 4. The highest BCUT2D eigenvalue weighted by molar-refractivity contribution is 6.05. The molecule has 4 rings (SSSR count). The molecule has 4 aromatic rings. The number of halogens is 3. The second-order valence-electron chi connectivity index (χ2n) is 5.83. The second-order valence-corrected chi connectivity index (χ2v) is 5.83. The first-order valence-corrected chi connectivity index (χ1v) is 7.86. The van der Waals surface area contributed by atoms with Gasteiger partial charge in [-0.1, -0.05) is 6.07 Å². The standard InChI is InChI=1S/C18H12F3N5O/c19-18(20,21)15-7-12(8-16-14(15)9-23-25-16)24-17(27)11-2-1-3-13(6-11)26-5-4-22-10-26/h1-10H,(H,23,25)(H,24,27). The number of benzene rings is 2. The molecule has 1 amide bonds. The van der Waals surface area contributed by atoms with Crippen LogP contribution in [-0.2, 0) is 6.18 Å². The van der Waals surface area contributed by atoms with E-state index in [1.165, 1.54) is 6.07 Å². The zero-order valence-electron chi connectivity index (χ0n) is 13.7. The maximum Gasteiger partial charge on any atom is 0.417 e. The molecular weight excluding hydrogens is 359 g/mol. The Hall–Kier alpha value is -3.62. The molecule has 0 unspecified atom stereocenters. The van der Waals surface area contributed by atoms with Crippen molar-refractivity contribution >= 4 is 22.5 Å². The highest BCUT2D eigenvalue weighted by atomic mass is 19.4. The number of nitrogens with zero attached hydrogens (tertiary/aromatic N) is 3. The molecule has 2 aromatic heterocycles. The molecule has 0 bridgehead atoms. The molecule has 136 valence electrons. The quantitative estimate of drug-likeness (QED) is 0.571. The Morgan fingerprint density at radius 1 is 1.19 bits per heavy atom. The summed E-state index contributed by atoms with van der Waals surface area (Å²) in [5, 5.41) is 8.61. The summed E-state index contributed by atoms with van der Waals surface area (Å²) in [5.74, 6) is -0.524. The topological polar surface area (TPSA) is 75.6 Å². The van der Waals surface area contributed by atoms with E-state index in [0.717, 1.165) is 12.3 Å². The largest absolute Gasteiger partial charge is 0.417 e. The molecule has 2 aromatic carbocycles. The van der Waals surface area contributed by atoms with Gasteiger partial charge in [0.05, 0.1) is 23.6 Å². The number of carbonyl (C=O) groups excluding carboxylic acids is 1. The number of hydrogen-bond donors (Lipinski definition) is 2. The number of amides is 1. The smallest absolute Gasteiger partial charge is 0.322 e. The molecule has 2 heterocycles. The van der Waals surface area contributed by atoms with Gasteiger partial charge in [-0.15, -0.1) is 0 Å². The minimum atomic E-state index is -4.57. The summed E-state index contributed by atoms with van der Waals surface area (Å²) in [7, 11) is 0. The van der Waals surface area contributed by atoms with Crippen molar-refractivity contribution in [2.45, 2.75) is 6.18 Å². The molecular formula is C18H12F3N5O. The Balaban J connectivity index is 1.66. The van der Waals surface area contributed by atoms with Gasteiger partial charge < -0.3 is 9.88 Å². The number of nitrogens with one attached hydrogen (secondary N) is 2. The summed E-state index contributed by atoms with van der Waals surface area (Å²) in [6, 6.07) is 8.98. The van der Waals surface area contributed by atoms with E-state index in [9.17, 15) is 18.0 Å². The molecule has 0 fully saturated rings. The van der Waals surface area contributed by atoms with Crippen LogP contribution in [0.1, 0.15) is 15.9 Å². The summed E-state index contributed by atoms with van der Waals surface area (Å²) in [4.78, 5) is 16.5. The normalized spacial score (nSPS) is 11.7. The van der Waals surface area contributed by atoms with Crippen molar-refractivity contribution in [3.63, 3.8) is 0 Å². The molecule has 0 spiro atoms. The van der Waals surface area contributed by atoms with Gasteiger partial charge in [0, 0.05) is 34.7 Å². The highest BCUT2D eigenvalue weighted by Crippen LogP contribution is 2.36. The van der Waals surface area contributed by atoms with Crippen molar-refractivity contribution in [2.75, 3.05) is 5.32 Å². The van der Waals surface area contributed by atoms with E-state index in [2.05, 4.69) is 20.5 Å². The second kappa shape index (κ2) is 6.27. The van der Waals surface area contributed by atoms with E-state index in [0.29, 0.717) is 11.3 Å². The Labute approximate surface area is 150 Å². The lowest BCUT2D eigenvalue weighted by Crippen LogP contribution is -2.14. The van der Waals surface area contributed by atoms with Crippen molar-refractivity contribution in [3.05, 3.63) is 72.4 Å². The van der Waals surface area contributed by atoms with Gasteiger partial charge in [-0.05, 0) is 30.3 Å². The molecule has 0 atom stereocenters. The molecule has 9 heteroatoms. The minimum absolute atomic E-state index is 0.0251. The van der Waals surface area contributed by atoms with Crippen LogP contribution in [0.5, 0.6) is 0 Å². The van der Waals surface area contributed by atoms with Gasteiger partial charge in [-0.2, -0.15) is 18.3 Å². The van der Waals surface area contributed by atoms with Gasteiger partial charge in [0.15, 0.2) is 0 Å². The van der Waals surface area contributed by atoms with E-state index >= 15 is 0 Å². The zero-order valence-corrected chi connectivity index (χ0v) is 13.7. The van der Waals surface area contributed by atoms with Gasteiger partial charge in [-0.3, -0.25) is 9.89 Å². The monoisotopic (exact) mass is 371 g/mol. The van der Waals surface area contributed by atoms with Crippen LogP contribution in [0, 0.1) is 0 Å². The lowest BCUT2D eigenvalue weighted by atomic mass is 10.1. The molecule has 0 aliphatic carbocycles. The van der Waals surface area contributed by atoms with Crippen LogP contribution in [0.15, 0.2) is 61.3 Å². The molecule has 0 aliphatic rings. The fourth-order valence-electron chi connectivity index (χ4n) is 2.78. The van der Waals surface area contributed by atoms with Crippen LogP contribution in [-0.4, -0.2) is 25.7 Å². The number of imidazole rings is 1. The van der Waals surface area contributed by atoms with Crippen LogP contribution >= 0.6 is 0 Å². The van der Waals surface area contributed by atoms with Crippen molar-refractivity contribution in [1.29, 1.82) is 0 Å². The number of H-pyrrole nitrogens is 1. The fourth-order valence-corrected chi connectivity index (χ4v) is 2.78. The van der Waals surface area contributed by atoms with Gasteiger partial charge in [0.25, 0.3) is 5.91 Å². The number of fused-ring (bicyclic) bond motifs is 1. The Morgan fingerprint density at radius 2 is 2.04 bits per heavy atom. The Kier molecular flexibility index (Phi) is 3.91. The van der Waals surface area contributed by atoms with Crippen molar-refractivity contribution in [3.8, 4) is 5.69 Å². The number of carbonyl (C=O) groups is 1. The zero-order chi connectivity index (χ0) is 19.0. The maximum absolute atomic E-state index is 13.3. The number of alkyl halides is 3. The van der Waals surface area contributed by atoms with Gasteiger partial charge in [0.2, 0.25) is 0 Å². The average molecular weight is 371 g/mol. The van der Waals surface area contributed by atoms with Crippen molar-refractivity contribution in [1.82, 2.24) is 19.7 Å². The third-order valence-electron chi connectivity index (χ3n) is 4.03. The van der Waals surface area contributed by atoms with Crippen LogP contribution in [0.4, 0.5) is 18.9 Å². The van der Waals surface area contributed by atoms with Gasteiger partial charge >= 0.3 is 6.18 Å². The fraction of sp³-hybridized carbons (Fsp3) is 0.0556. The molecule has 2 N–H and O–H groups in total. The van der Waals surface area contributed by atoms with E-state index in [1.807, 2.05) is 0 Å². The first kappa shape index (κ1) is 16.8. The molecule has 0 radical (unpaired) electrons. The Morgan fingerprint density at radius 3 is 2.78 bits per heavy atom. The minimum Gasteiger partial charge on any atom is -0.322 e. The average Bonchev–Trinajstić information content (AvgIpc) is 3.32. The van der Waals surface area contributed by atoms with E-state index in [1.54, 1.807) is 47.6 Å². The first-order chi connectivity index (χ1) is 12.9. The van der Waals surface area contributed by atoms with Crippen molar-refractivity contribution in [2.24, 2.45) is 0 Å². The summed E-state index contributed by atoms with van der Waals surface area (Å²) in [6.45, 7) is 0. The lowest BCUT2D eigenvalue weighted by molar-refractivity contribution is -0.136. The van der Waals surface area contributed by atoms with Gasteiger partial charge in [0.1, 0.15) is 0 Å². The number of aromatic amines is 1. The van der Waals surface area contributed by atoms with E-state index in [4.69, 9.17) is 0 Å². The van der Waals surface area contributed by atoms with Crippen molar-refractivity contribution < 1.29 is 18.0 Å².